The first-order valence-corrected chi connectivity index (χ1v) is 9.47. The molecule has 2 aromatic carbocycles. The van der Waals surface area contributed by atoms with Gasteiger partial charge in [-0.2, -0.15) is 5.26 Å². The fourth-order valence-corrected chi connectivity index (χ4v) is 3.29. The summed E-state index contributed by atoms with van der Waals surface area (Å²) < 4.78 is 0. The van der Waals surface area contributed by atoms with Crippen LogP contribution in [0.15, 0.2) is 60.1 Å². The van der Waals surface area contributed by atoms with Gasteiger partial charge in [-0.05, 0) is 36.4 Å². The molecule has 6 nitrogen and oxygen atoms in total. The summed E-state index contributed by atoms with van der Waals surface area (Å²) in [5.74, 6) is 0.186. The number of nitriles is 1. The Bertz CT molecular complexity index is 1160. The van der Waals surface area contributed by atoms with Crippen molar-refractivity contribution in [3.63, 3.8) is 0 Å². The predicted octanol–water partition coefficient (Wildman–Crippen LogP) is 4.98. The van der Waals surface area contributed by atoms with Gasteiger partial charge in [-0.15, -0.1) is 11.3 Å². The number of nitrogens with one attached hydrogen (secondary N) is 2. The van der Waals surface area contributed by atoms with Crippen LogP contribution in [0.1, 0.15) is 16.1 Å². The first-order chi connectivity index (χ1) is 13.6. The zero-order chi connectivity index (χ0) is 19.5. The van der Waals surface area contributed by atoms with Crippen LogP contribution in [-0.2, 0) is 0 Å². The molecule has 2 aromatic heterocycles. The second kappa shape index (κ2) is 7.64. The minimum absolute atomic E-state index is 0.317. The number of H-pyrrole nitrogens is 1. The molecule has 2 heterocycles. The van der Waals surface area contributed by atoms with Gasteiger partial charge in [0.25, 0.3) is 5.91 Å². The van der Waals surface area contributed by atoms with Crippen molar-refractivity contribution in [3.05, 3.63) is 76.4 Å². The molecule has 28 heavy (non-hydrogen) atoms. The van der Waals surface area contributed by atoms with E-state index in [9.17, 15) is 4.79 Å². The quantitative estimate of drug-likeness (QED) is 0.500. The van der Waals surface area contributed by atoms with Crippen molar-refractivity contribution in [2.24, 2.45) is 0 Å². The number of carbonyl (C=O) groups excluding carboxylic acids is 1. The molecule has 0 aliphatic heterocycles. The Hall–Kier alpha value is -3.47. The third-order valence-corrected chi connectivity index (χ3v) is 4.93. The van der Waals surface area contributed by atoms with Crippen molar-refractivity contribution in [2.45, 2.75) is 0 Å². The molecule has 4 aromatic rings. The molecule has 1 amide bonds. The second-order valence-corrected chi connectivity index (χ2v) is 7.13. The molecule has 8 heteroatoms. The molecule has 0 unspecified atom stereocenters. The van der Waals surface area contributed by atoms with E-state index in [4.69, 9.17) is 16.9 Å². The van der Waals surface area contributed by atoms with E-state index in [0.717, 1.165) is 11.1 Å². The van der Waals surface area contributed by atoms with Gasteiger partial charge in [-0.1, -0.05) is 23.7 Å². The lowest BCUT2D eigenvalue weighted by atomic mass is 10.1. The smallest absolute Gasteiger partial charge is 0.276 e. The molecule has 0 atom stereocenters. The summed E-state index contributed by atoms with van der Waals surface area (Å²) in [5, 5.41) is 14.6. The maximum Gasteiger partial charge on any atom is 0.276 e. The Balaban J connectivity index is 1.77. The highest BCUT2D eigenvalue weighted by molar-refractivity contribution is 7.13. The first-order valence-electron chi connectivity index (χ1n) is 8.21. The van der Waals surface area contributed by atoms with Crippen LogP contribution in [0.3, 0.4) is 0 Å². The first kappa shape index (κ1) is 17.9. The van der Waals surface area contributed by atoms with E-state index in [2.05, 4.69) is 26.3 Å². The summed E-state index contributed by atoms with van der Waals surface area (Å²) in [6.45, 7) is 0. The van der Waals surface area contributed by atoms with Crippen LogP contribution in [0, 0.1) is 11.3 Å². The molecule has 0 radical (unpaired) electrons. The zero-order valence-electron chi connectivity index (χ0n) is 14.3. The monoisotopic (exact) mass is 405 g/mol. The van der Waals surface area contributed by atoms with Gasteiger partial charge in [0.1, 0.15) is 17.2 Å². The summed E-state index contributed by atoms with van der Waals surface area (Å²) in [6, 6.07) is 16.2. The molecule has 0 saturated carbocycles. The Morgan fingerprint density at radius 2 is 1.82 bits per heavy atom. The Morgan fingerprint density at radius 1 is 1.11 bits per heavy atom. The molecule has 4 rings (SSSR count). The zero-order valence-corrected chi connectivity index (χ0v) is 15.9. The summed E-state index contributed by atoms with van der Waals surface area (Å²) in [6.07, 6.45) is 1.62. The molecular weight excluding hydrogens is 394 g/mol. The topological polar surface area (TPSA) is 94.5 Å². The fraction of sp³-hybridized carbons (Fsp3) is 0. The maximum atomic E-state index is 12.8. The molecule has 0 fully saturated rings. The van der Waals surface area contributed by atoms with E-state index < -0.39 is 0 Å². The van der Waals surface area contributed by atoms with E-state index in [-0.39, 0.29) is 5.91 Å². The molecule has 0 spiro atoms. The highest BCUT2D eigenvalue weighted by Gasteiger charge is 2.20. The second-order valence-electron chi connectivity index (χ2n) is 5.80. The molecule has 2 N–H and O–H groups in total. The Morgan fingerprint density at radius 3 is 2.46 bits per heavy atom. The van der Waals surface area contributed by atoms with Gasteiger partial charge in [0.2, 0.25) is 0 Å². The lowest BCUT2D eigenvalue weighted by Crippen LogP contribution is -2.13. The van der Waals surface area contributed by atoms with Crippen LogP contribution < -0.4 is 5.32 Å². The number of imidazole rings is 1. The van der Waals surface area contributed by atoms with E-state index in [1.165, 1.54) is 11.3 Å². The lowest BCUT2D eigenvalue weighted by Gasteiger charge is -2.03. The summed E-state index contributed by atoms with van der Waals surface area (Å²) >= 11 is 7.32. The number of halogens is 1. The molecule has 0 aliphatic carbocycles. The summed E-state index contributed by atoms with van der Waals surface area (Å²) in [4.78, 5) is 24.6. The molecular formula is C20H12ClN5OS. The highest BCUT2D eigenvalue weighted by atomic mass is 35.5. The molecule has 0 bridgehead atoms. The number of carbonyl (C=O) groups is 1. The molecule has 0 aliphatic rings. The van der Waals surface area contributed by atoms with Crippen LogP contribution in [0.5, 0.6) is 0 Å². The van der Waals surface area contributed by atoms with Crippen molar-refractivity contribution in [1.82, 2.24) is 15.0 Å². The number of amides is 1. The third kappa shape index (κ3) is 3.64. The van der Waals surface area contributed by atoms with Crippen LogP contribution >= 0.6 is 22.9 Å². The van der Waals surface area contributed by atoms with Gasteiger partial charge < -0.3 is 4.98 Å². The van der Waals surface area contributed by atoms with Crippen molar-refractivity contribution in [1.29, 1.82) is 5.26 Å². The van der Waals surface area contributed by atoms with Crippen molar-refractivity contribution in [3.8, 4) is 28.7 Å². The fourth-order valence-electron chi connectivity index (χ4n) is 2.64. The summed E-state index contributed by atoms with van der Waals surface area (Å²) in [5.41, 5.74) is 2.89. The largest absolute Gasteiger partial charge is 0.333 e. The Kier molecular flexibility index (Phi) is 4.89. The standard InChI is InChI=1S/C20H12ClN5OS/c21-15-7-5-13(6-8-15)16-17(19(27)26-20-23-9-10-28-20)25-18(24-16)14-3-1-12(11-22)2-4-14/h1-10H,(H,24,25)(H,23,26,27). The number of aromatic nitrogens is 3. The van der Waals surface area contributed by atoms with Crippen LogP contribution in [0.2, 0.25) is 5.02 Å². The van der Waals surface area contributed by atoms with Gasteiger partial charge in [0.15, 0.2) is 5.13 Å². The highest BCUT2D eigenvalue weighted by Crippen LogP contribution is 2.28. The van der Waals surface area contributed by atoms with Gasteiger partial charge in [0, 0.05) is 27.7 Å². The number of nitrogens with zero attached hydrogens (tertiary/aromatic N) is 3. The van der Waals surface area contributed by atoms with Crippen molar-refractivity contribution in [2.75, 3.05) is 5.32 Å². The predicted molar refractivity (Wildman–Crippen MR) is 109 cm³/mol. The van der Waals surface area contributed by atoms with Crippen LogP contribution in [0.4, 0.5) is 5.13 Å². The van der Waals surface area contributed by atoms with Gasteiger partial charge in [-0.3, -0.25) is 10.1 Å². The van der Waals surface area contributed by atoms with Gasteiger partial charge in [0.05, 0.1) is 11.6 Å². The normalized spacial score (nSPS) is 10.4. The number of hydrogen-bond acceptors (Lipinski definition) is 5. The van der Waals surface area contributed by atoms with E-state index in [1.54, 1.807) is 60.1 Å². The van der Waals surface area contributed by atoms with E-state index >= 15 is 0 Å². The van der Waals surface area contributed by atoms with E-state index in [1.807, 2.05) is 0 Å². The summed E-state index contributed by atoms with van der Waals surface area (Å²) in [7, 11) is 0. The van der Waals surface area contributed by atoms with Crippen molar-refractivity contribution < 1.29 is 4.79 Å². The lowest BCUT2D eigenvalue weighted by molar-refractivity contribution is 0.102. The maximum absolute atomic E-state index is 12.8. The average molecular weight is 406 g/mol. The average Bonchev–Trinajstić information content (AvgIpc) is 3.39. The molecule has 0 saturated heterocycles. The van der Waals surface area contributed by atoms with Crippen LogP contribution in [0.25, 0.3) is 22.6 Å². The van der Waals surface area contributed by atoms with Gasteiger partial charge >= 0.3 is 0 Å². The minimum Gasteiger partial charge on any atom is -0.333 e. The minimum atomic E-state index is -0.340. The molecule has 136 valence electrons. The van der Waals surface area contributed by atoms with Gasteiger partial charge in [-0.25, -0.2) is 9.97 Å². The third-order valence-electron chi connectivity index (χ3n) is 3.99. The van der Waals surface area contributed by atoms with Crippen molar-refractivity contribution >= 4 is 34.0 Å². The number of aromatic amines is 1. The number of thiazole rings is 1. The number of rotatable bonds is 4. The number of benzene rings is 2. The van der Waals surface area contributed by atoms with E-state index in [0.29, 0.717) is 32.9 Å². The van der Waals surface area contributed by atoms with Crippen LogP contribution in [-0.4, -0.2) is 20.9 Å². The SMILES string of the molecule is N#Cc1ccc(-c2nc(-c3ccc(Cl)cc3)c(C(=O)Nc3nccs3)[nH]2)cc1. The number of hydrogen-bond donors (Lipinski definition) is 2. The number of anilines is 1. The Labute approximate surface area is 169 Å².